The van der Waals surface area contributed by atoms with Gasteiger partial charge in [0.2, 0.25) is 0 Å². The number of hydrogen-bond acceptors (Lipinski definition) is 4. The lowest BCUT2D eigenvalue weighted by Crippen LogP contribution is -2.54. The highest BCUT2D eigenvalue weighted by atomic mass is 16.7. The average Bonchev–Trinajstić information content (AvgIpc) is 2.61. The van der Waals surface area contributed by atoms with Gasteiger partial charge in [0.1, 0.15) is 0 Å². The zero-order valence-electron chi connectivity index (χ0n) is 17.4. The van der Waals surface area contributed by atoms with Crippen molar-refractivity contribution in [3.63, 3.8) is 0 Å². The molecule has 1 unspecified atom stereocenters. The lowest BCUT2D eigenvalue weighted by Gasteiger charge is -2.46. The van der Waals surface area contributed by atoms with Crippen molar-refractivity contribution < 1.29 is 19.0 Å². The molecule has 0 aliphatic carbocycles. The van der Waals surface area contributed by atoms with Gasteiger partial charge in [-0.2, -0.15) is 0 Å². The average molecular weight is 357 g/mol. The first-order chi connectivity index (χ1) is 11.8. The van der Waals surface area contributed by atoms with Crippen molar-refractivity contribution in [1.82, 2.24) is 0 Å². The van der Waals surface area contributed by atoms with Gasteiger partial charge < -0.3 is 14.2 Å². The first-order valence-electron chi connectivity index (χ1n) is 9.64. The Kier molecular flexibility index (Phi) is 12.3. The molecule has 0 rings (SSSR count). The van der Waals surface area contributed by atoms with Crippen LogP contribution in [0.25, 0.3) is 0 Å². The molecule has 0 heterocycles. The van der Waals surface area contributed by atoms with Crippen LogP contribution < -0.4 is 0 Å². The largest absolute Gasteiger partial charge is 0.385 e. The Morgan fingerprint density at radius 2 is 1.44 bits per heavy atom. The Morgan fingerprint density at radius 1 is 0.920 bits per heavy atom. The van der Waals surface area contributed by atoms with E-state index in [1.807, 2.05) is 6.92 Å². The summed E-state index contributed by atoms with van der Waals surface area (Å²) >= 11 is 0. The summed E-state index contributed by atoms with van der Waals surface area (Å²) in [4.78, 5) is 13.2. The number of methoxy groups -OCH3 is 3. The van der Waals surface area contributed by atoms with Gasteiger partial charge in [0.05, 0.1) is 5.41 Å². The second-order valence-corrected chi connectivity index (χ2v) is 7.16. The van der Waals surface area contributed by atoms with Gasteiger partial charge in [-0.15, -0.1) is 0 Å². The van der Waals surface area contributed by atoms with E-state index < -0.39 is 11.2 Å². The van der Waals surface area contributed by atoms with Crippen LogP contribution in [-0.2, 0) is 19.0 Å². The Hall–Kier alpha value is -0.710. The van der Waals surface area contributed by atoms with Gasteiger partial charge in [-0.05, 0) is 38.7 Å². The molecule has 0 amide bonds. The van der Waals surface area contributed by atoms with E-state index in [9.17, 15) is 4.79 Å². The topological polar surface area (TPSA) is 44.8 Å². The quantitative estimate of drug-likeness (QED) is 0.214. The molecule has 0 radical (unpaired) electrons. The molecule has 0 saturated heterocycles. The Bertz CT molecular complexity index is 387. The third kappa shape index (κ3) is 6.84. The number of carbonyl (C=O) groups is 1. The summed E-state index contributed by atoms with van der Waals surface area (Å²) in [6, 6.07) is 0. The molecule has 1 atom stereocenters. The maximum absolute atomic E-state index is 13.2. The normalized spacial score (nSPS) is 14.3. The molecule has 0 aromatic carbocycles. The van der Waals surface area contributed by atoms with Crippen LogP contribution in [0.4, 0.5) is 0 Å². The highest BCUT2D eigenvalue weighted by molar-refractivity contribution is 5.99. The lowest BCUT2D eigenvalue weighted by atomic mass is 9.67. The number of ether oxygens (including phenoxy) is 3. The summed E-state index contributed by atoms with van der Waals surface area (Å²) < 4.78 is 16.7. The highest BCUT2D eigenvalue weighted by Gasteiger charge is 2.53. The number of ketones is 1. The van der Waals surface area contributed by atoms with E-state index in [1.165, 1.54) is 25.7 Å². The highest BCUT2D eigenvalue weighted by Crippen LogP contribution is 2.46. The predicted octanol–water partition coefficient (Wildman–Crippen LogP) is 5.30. The van der Waals surface area contributed by atoms with Gasteiger partial charge in [0, 0.05) is 27.9 Å². The first-order valence-corrected chi connectivity index (χ1v) is 9.64. The predicted molar refractivity (Wildman–Crippen MR) is 104 cm³/mol. The van der Waals surface area contributed by atoms with Crippen molar-refractivity contribution >= 4 is 5.78 Å². The van der Waals surface area contributed by atoms with E-state index in [4.69, 9.17) is 14.2 Å². The molecule has 0 aromatic rings. The summed E-state index contributed by atoms with van der Waals surface area (Å²) in [6.45, 7) is 10.4. The fourth-order valence-electron chi connectivity index (χ4n) is 3.62. The molecule has 4 heteroatoms. The van der Waals surface area contributed by atoms with Crippen LogP contribution in [0.3, 0.4) is 0 Å². The second kappa shape index (κ2) is 12.6. The van der Waals surface area contributed by atoms with Crippen molar-refractivity contribution in [2.45, 2.75) is 84.3 Å². The second-order valence-electron chi connectivity index (χ2n) is 7.16. The van der Waals surface area contributed by atoms with E-state index in [-0.39, 0.29) is 5.78 Å². The fourth-order valence-corrected chi connectivity index (χ4v) is 3.62. The van der Waals surface area contributed by atoms with Crippen molar-refractivity contribution in [2.24, 2.45) is 5.41 Å². The van der Waals surface area contributed by atoms with E-state index in [2.05, 4.69) is 13.5 Å². The third-order valence-corrected chi connectivity index (χ3v) is 5.38. The number of rotatable bonds is 16. The molecule has 0 N–H and O–H groups in total. The maximum Gasteiger partial charge on any atom is 0.177 e. The number of carbonyl (C=O) groups excluding carboxylic acids is 1. The zero-order chi connectivity index (χ0) is 19.3. The molecule has 0 aliphatic rings. The number of Topliss-reactive ketones (excluding diaryl/α,β-unsaturated/α-hetero) is 1. The fraction of sp³-hybridized carbons (Fsp3) is 0.857. The lowest BCUT2D eigenvalue weighted by molar-refractivity contribution is -0.261. The molecule has 0 bridgehead atoms. The van der Waals surface area contributed by atoms with Gasteiger partial charge in [0.25, 0.3) is 0 Å². The van der Waals surface area contributed by atoms with Gasteiger partial charge in [-0.25, -0.2) is 0 Å². The minimum atomic E-state index is -0.972. The zero-order valence-corrected chi connectivity index (χ0v) is 17.4. The van der Waals surface area contributed by atoms with Crippen LogP contribution in [0, 0.1) is 5.41 Å². The van der Waals surface area contributed by atoms with E-state index >= 15 is 0 Å². The number of hydrogen-bond donors (Lipinski definition) is 0. The van der Waals surface area contributed by atoms with Crippen molar-refractivity contribution in [2.75, 3.05) is 27.9 Å². The third-order valence-electron chi connectivity index (χ3n) is 5.38. The molecule has 25 heavy (non-hydrogen) atoms. The summed E-state index contributed by atoms with van der Waals surface area (Å²) in [5.41, 5.74) is -0.172. The molecule has 4 nitrogen and oxygen atoms in total. The van der Waals surface area contributed by atoms with Crippen molar-refractivity contribution in [3.05, 3.63) is 12.2 Å². The van der Waals surface area contributed by atoms with E-state index in [1.54, 1.807) is 28.3 Å². The molecule has 0 spiro atoms. The van der Waals surface area contributed by atoms with Gasteiger partial charge in [-0.3, -0.25) is 4.79 Å². The molecular formula is C21H40O4. The molecular weight excluding hydrogens is 316 g/mol. The van der Waals surface area contributed by atoms with Crippen LogP contribution in [0.5, 0.6) is 0 Å². The first kappa shape index (κ1) is 24.3. The maximum atomic E-state index is 13.2. The van der Waals surface area contributed by atoms with Gasteiger partial charge in [0.15, 0.2) is 11.6 Å². The SMILES string of the molecule is C=C(C)C(=O)C(CCCCCCCC)(CCCOC)C(C)(OC)OC. The van der Waals surface area contributed by atoms with Crippen LogP contribution in [0.1, 0.15) is 78.6 Å². The summed E-state index contributed by atoms with van der Waals surface area (Å²) in [6.07, 6.45) is 9.28. The minimum absolute atomic E-state index is 0.0448. The van der Waals surface area contributed by atoms with E-state index in [0.29, 0.717) is 18.6 Å². The molecule has 0 saturated carbocycles. The summed E-state index contributed by atoms with van der Waals surface area (Å²) in [5.74, 6) is -0.927. The van der Waals surface area contributed by atoms with E-state index in [0.717, 1.165) is 25.7 Å². The van der Waals surface area contributed by atoms with Crippen LogP contribution in [0.15, 0.2) is 12.2 Å². The molecule has 148 valence electrons. The number of unbranched alkanes of at least 4 members (excludes halogenated alkanes) is 5. The van der Waals surface area contributed by atoms with Crippen LogP contribution in [-0.4, -0.2) is 39.5 Å². The summed E-state index contributed by atoms with van der Waals surface area (Å²) in [5, 5.41) is 0. The molecule has 0 fully saturated rings. The Balaban J connectivity index is 5.37. The van der Waals surface area contributed by atoms with Crippen LogP contribution >= 0.6 is 0 Å². The Morgan fingerprint density at radius 3 is 1.92 bits per heavy atom. The van der Waals surface area contributed by atoms with Gasteiger partial charge in [-0.1, -0.05) is 52.0 Å². The van der Waals surface area contributed by atoms with Crippen molar-refractivity contribution in [1.29, 1.82) is 0 Å². The minimum Gasteiger partial charge on any atom is -0.385 e. The molecule has 0 aromatic heterocycles. The standard InChI is InChI=1S/C21H40O4/c1-8-9-10-11-12-13-15-21(16-14-17-23-5,19(22)18(2)3)20(4,24-6)25-7/h2,8-17H2,1,3-7H3. The smallest absolute Gasteiger partial charge is 0.177 e. The molecule has 0 aliphatic heterocycles. The van der Waals surface area contributed by atoms with Gasteiger partial charge >= 0.3 is 0 Å². The van der Waals surface area contributed by atoms with Crippen LogP contribution in [0.2, 0.25) is 0 Å². The monoisotopic (exact) mass is 356 g/mol. The Labute approximate surface area is 155 Å². The summed E-state index contributed by atoms with van der Waals surface area (Å²) in [7, 11) is 4.91. The van der Waals surface area contributed by atoms with Crippen molar-refractivity contribution in [3.8, 4) is 0 Å². The number of allylic oxidation sites excluding steroid dienone is 1.